The van der Waals surface area contributed by atoms with E-state index in [0.29, 0.717) is 31.8 Å². The summed E-state index contributed by atoms with van der Waals surface area (Å²) < 4.78 is 46.7. The first-order valence-corrected chi connectivity index (χ1v) is 13.4. The van der Waals surface area contributed by atoms with Crippen LogP contribution < -0.4 is 5.32 Å². The molecule has 7 heteroatoms. The van der Waals surface area contributed by atoms with Crippen LogP contribution in [0.3, 0.4) is 0 Å². The minimum absolute atomic E-state index is 0.0652. The largest absolute Gasteiger partial charge is 0.417 e. The third-order valence-corrected chi connectivity index (χ3v) is 7.19. The van der Waals surface area contributed by atoms with Gasteiger partial charge in [-0.1, -0.05) is 72.3 Å². The molecule has 3 rings (SSSR count). The van der Waals surface area contributed by atoms with Crippen LogP contribution in [0.15, 0.2) is 72.3 Å². The van der Waals surface area contributed by atoms with E-state index >= 15 is 0 Å². The number of alkyl halides is 3. The fourth-order valence-electron chi connectivity index (χ4n) is 4.85. The Hall–Kier alpha value is -2.12. The number of benzene rings is 2. The summed E-state index contributed by atoms with van der Waals surface area (Å²) in [5.41, 5.74) is 2.02. The lowest BCUT2D eigenvalue weighted by molar-refractivity contribution is -0.137. The van der Waals surface area contributed by atoms with Crippen molar-refractivity contribution in [2.75, 3.05) is 32.8 Å². The Bertz CT molecular complexity index is 1020. The number of hydrogen-bond acceptors (Lipinski definition) is 3. The lowest BCUT2D eigenvalue weighted by atomic mass is 9.89. The van der Waals surface area contributed by atoms with E-state index in [1.54, 1.807) is 6.07 Å². The van der Waals surface area contributed by atoms with Gasteiger partial charge in [-0.3, -0.25) is 4.90 Å². The highest BCUT2D eigenvalue weighted by Crippen LogP contribution is 2.37. The van der Waals surface area contributed by atoms with Crippen molar-refractivity contribution in [1.82, 2.24) is 10.2 Å². The zero-order valence-corrected chi connectivity index (χ0v) is 22.5. The van der Waals surface area contributed by atoms with E-state index in [0.717, 1.165) is 38.4 Å². The van der Waals surface area contributed by atoms with E-state index in [1.165, 1.54) is 17.2 Å². The van der Waals surface area contributed by atoms with Crippen molar-refractivity contribution >= 4 is 11.6 Å². The normalized spacial score (nSPS) is 18.0. The molecule has 0 spiro atoms. The maximum absolute atomic E-state index is 13.5. The summed E-state index contributed by atoms with van der Waals surface area (Å²) in [5, 5.41) is 3.14. The van der Waals surface area contributed by atoms with Gasteiger partial charge >= 0.3 is 6.18 Å². The Morgan fingerprint density at radius 3 is 2.59 bits per heavy atom. The van der Waals surface area contributed by atoms with Crippen LogP contribution in [0.5, 0.6) is 0 Å². The fraction of sp³-hybridized carbons (Fsp3) is 0.467. The molecule has 0 saturated carbocycles. The molecule has 3 nitrogen and oxygen atoms in total. The molecule has 2 aromatic rings. The molecule has 1 N–H and O–H groups in total. The predicted octanol–water partition coefficient (Wildman–Crippen LogP) is 7.63. The van der Waals surface area contributed by atoms with Gasteiger partial charge in [0.2, 0.25) is 0 Å². The van der Waals surface area contributed by atoms with Gasteiger partial charge in [-0.15, -0.1) is 0 Å². The number of halogens is 4. The van der Waals surface area contributed by atoms with E-state index < -0.39 is 11.7 Å². The number of nitrogens with one attached hydrogen (secondary N) is 1. The Morgan fingerprint density at radius 1 is 1.16 bits per heavy atom. The van der Waals surface area contributed by atoms with E-state index in [2.05, 4.69) is 34.5 Å². The van der Waals surface area contributed by atoms with Crippen LogP contribution >= 0.6 is 11.6 Å². The van der Waals surface area contributed by atoms with Crippen LogP contribution in [-0.2, 0) is 17.5 Å². The van der Waals surface area contributed by atoms with Gasteiger partial charge in [0.15, 0.2) is 0 Å². The molecule has 2 atom stereocenters. The summed E-state index contributed by atoms with van der Waals surface area (Å²) in [7, 11) is 0. The number of ether oxygens (including phenoxy) is 1. The molecule has 202 valence electrons. The molecule has 0 bridgehead atoms. The second-order valence-corrected chi connectivity index (χ2v) is 9.83. The van der Waals surface area contributed by atoms with Gasteiger partial charge < -0.3 is 10.1 Å². The Morgan fingerprint density at radius 2 is 1.95 bits per heavy atom. The quantitative estimate of drug-likeness (QED) is 0.224. The Balaban J connectivity index is 1.82. The fourth-order valence-corrected chi connectivity index (χ4v) is 5.14. The molecule has 0 amide bonds. The van der Waals surface area contributed by atoms with E-state index in [-0.39, 0.29) is 17.0 Å². The first kappa shape index (κ1) is 29.4. The van der Waals surface area contributed by atoms with Gasteiger partial charge in [-0.25, -0.2) is 0 Å². The van der Waals surface area contributed by atoms with Gasteiger partial charge in [0.1, 0.15) is 0 Å². The van der Waals surface area contributed by atoms with Crippen LogP contribution in [0.2, 0.25) is 5.02 Å². The number of hydrogen-bond donors (Lipinski definition) is 1. The molecule has 1 fully saturated rings. The van der Waals surface area contributed by atoms with Crippen LogP contribution in [0, 0.1) is 0 Å². The van der Waals surface area contributed by atoms with Gasteiger partial charge in [-0.05, 0) is 62.4 Å². The minimum atomic E-state index is -4.49. The first-order chi connectivity index (χ1) is 17.8. The summed E-state index contributed by atoms with van der Waals surface area (Å²) in [6, 6.07) is 14.4. The molecule has 1 unspecified atom stereocenters. The van der Waals surface area contributed by atoms with E-state index in [9.17, 15) is 13.2 Å². The van der Waals surface area contributed by atoms with Crippen LogP contribution in [0.1, 0.15) is 55.7 Å². The van der Waals surface area contributed by atoms with Crippen molar-refractivity contribution in [1.29, 1.82) is 0 Å². The zero-order valence-electron chi connectivity index (χ0n) is 21.7. The Kier molecular flexibility index (Phi) is 11.7. The Labute approximate surface area is 224 Å². The molecule has 2 aromatic carbocycles. The number of nitrogens with zero attached hydrogens (tertiary/aromatic N) is 1. The monoisotopic (exact) mass is 534 g/mol. The van der Waals surface area contributed by atoms with Gasteiger partial charge in [0.25, 0.3) is 0 Å². The lowest BCUT2D eigenvalue weighted by Crippen LogP contribution is -2.36. The maximum atomic E-state index is 13.5. The summed E-state index contributed by atoms with van der Waals surface area (Å²) in [5.74, 6) is 0.0652. The smallest absolute Gasteiger partial charge is 0.377 e. The first-order valence-electron chi connectivity index (χ1n) is 13.1. The molecule has 1 saturated heterocycles. The highest BCUT2D eigenvalue weighted by atomic mass is 35.5. The molecule has 37 heavy (non-hydrogen) atoms. The minimum Gasteiger partial charge on any atom is -0.377 e. The van der Waals surface area contributed by atoms with Crippen molar-refractivity contribution in [3.8, 4) is 0 Å². The molecular weight excluding hydrogens is 497 g/mol. The highest BCUT2D eigenvalue weighted by molar-refractivity contribution is 6.32. The van der Waals surface area contributed by atoms with Crippen molar-refractivity contribution in [2.24, 2.45) is 0 Å². The number of piperidine rings is 1. The van der Waals surface area contributed by atoms with Gasteiger partial charge in [0, 0.05) is 38.7 Å². The number of allylic oxidation sites excluding steroid dienone is 3. The topological polar surface area (TPSA) is 24.5 Å². The molecule has 1 aliphatic heterocycles. The second-order valence-electron chi connectivity index (χ2n) is 9.46. The summed E-state index contributed by atoms with van der Waals surface area (Å²) in [6.45, 7) is 8.17. The van der Waals surface area contributed by atoms with E-state index in [1.807, 2.05) is 38.1 Å². The standard InChI is InChI=1S/C30H38ClF3N2O/c1-3-11-23(4-2)27(24-12-6-5-7-13-24)22-36(18-10-19-37-26-15-9-17-35-20-26)21-25-14-8-16-28(29(25)31)30(32,33)34/h3-8,11-14,16,26-27,35H,9-10,15,17-22H2,1-2H3/b11-3-,23-4+/t26-,27?/m0/s1. The number of rotatable bonds is 12. The zero-order chi connectivity index (χ0) is 26.7. The van der Waals surface area contributed by atoms with Crippen LogP contribution in [0.25, 0.3) is 0 Å². The van der Waals surface area contributed by atoms with Crippen molar-refractivity contribution in [3.63, 3.8) is 0 Å². The van der Waals surface area contributed by atoms with Crippen LogP contribution in [0.4, 0.5) is 13.2 Å². The molecule has 1 aliphatic rings. The second kappa shape index (κ2) is 14.7. The molecule has 0 radical (unpaired) electrons. The maximum Gasteiger partial charge on any atom is 0.417 e. The van der Waals surface area contributed by atoms with Crippen molar-refractivity contribution in [3.05, 3.63) is 94.0 Å². The van der Waals surface area contributed by atoms with Crippen LogP contribution in [-0.4, -0.2) is 43.8 Å². The van der Waals surface area contributed by atoms with E-state index in [4.69, 9.17) is 16.3 Å². The summed E-state index contributed by atoms with van der Waals surface area (Å²) in [6.07, 6.45) is 4.91. The van der Waals surface area contributed by atoms with Gasteiger partial charge in [-0.2, -0.15) is 13.2 Å². The molecule has 1 heterocycles. The molecule has 0 aliphatic carbocycles. The average Bonchev–Trinajstić information content (AvgIpc) is 2.90. The lowest BCUT2D eigenvalue weighted by Gasteiger charge is -2.30. The SMILES string of the molecule is C/C=C\C(=C/C)C(CN(CCCO[C@H]1CCCNC1)Cc1cccc(C(F)(F)F)c1Cl)c1ccccc1. The van der Waals surface area contributed by atoms with Gasteiger partial charge in [0.05, 0.1) is 16.7 Å². The van der Waals surface area contributed by atoms with Crippen molar-refractivity contribution < 1.29 is 17.9 Å². The average molecular weight is 535 g/mol. The summed E-state index contributed by atoms with van der Waals surface area (Å²) >= 11 is 6.29. The summed E-state index contributed by atoms with van der Waals surface area (Å²) in [4.78, 5) is 2.20. The third kappa shape index (κ3) is 8.99. The predicted molar refractivity (Wildman–Crippen MR) is 146 cm³/mol. The van der Waals surface area contributed by atoms with Crippen molar-refractivity contribution in [2.45, 2.75) is 57.9 Å². The molecular formula is C30H38ClF3N2O. The highest BCUT2D eigenvalue weighted by Gasteiger charge is 2.34. The molecule has 0 aromatic heterocycles. The third-order valence-electron chi connectivity index (χ3n) is 6.74.